The number of carbonyl (C=O) groups is 2. The van der Waals surface area contributed by atoms with Crippen LogP contribution in [0.5, 0.6) is 0 Å². The summed E-state index contributed by atoms with van der Waals surface area (Å²) in [6.07, 6.45) is -0.902. The highest BCUT2D eigenvalue weighted by Gasteiger charge is 2.29. The number of nitro groups is 1. The second-order valence-corrected chi connectivity index (χ2v) is 7.76. The van der Waals surface area contributed by atoms with Gasteiger partial charge in [-0.05, 0) is 12.1 Å². The Morgan fingerprint density at radius 1 is 1.24 bits per heavy atom. The van der Waals surface area contributed by atoms with Crippen LogP contribution in [-0.2, 0) is 24.3 Å². The van der Waals surface area contributed by atoms with Gasteiger partial charge in [0.05, 0.1) is 29.5 Å². The van der Waals surface area contributed by atoms with Crippen LogP contribution >= 0.6 is 0 Å². The Balaban J connectivity index is 2.32. The highest BCUT2D eigenvalue weighted by atomic mass is 32.2. The first-order valence-corrected chi connectivity index (χ1v) is 9.71. The van der Waals surface area contributed by atoms with Gasteiger partial charge in [-0.3, -0.25) is 20.3 Å². The molecule has 0 radical (unpaired) electrons. The minimum absolute atomic E-state index is 0.117. The molecule has 14 heteroatoms. The number of hydrogen-bond acceptors (Lipinski definition) is 9. The summed E-state index contributed by atoms with van der Waals surface area (Å²) in [4.78, 5) is 31.9. The zero-order valence-electron chi connectivity index (χ0n) is 15.0. The summed E-state index contributed by atoms with van der Waals surface area (Å²) in [6, 6.07) is 3.07. The van der Waals surface area contributed by atoms with Crippen molar-refractivity contribution in [3.05, 3.63) is 28.3 Å². The summed E-state index contributed by atoms with van der Waals surface area (Å²) in [5, 5.41) is 32.6. The molecule has 1 heterocycles. The number of anilines is 1. The SMILES string of the molecule is O=C(O)CCC(=NNc1ccc(S(=O)(=O)N2CCOCC2)cc1[N+](=O)[O-])C(=O)O. The molecule has 0 aromatic heterocycles. The number of sulfonamides is 1. The molecule has 1 fully saturated rings. The second kappa shape index (κ2) is 9.40. The fourth-order valence-electron chi connectivity index (χ4n) is 2.42. The molecule has 0 saturated carbocycles. The van der Waals surface area contributed by atoms with Crippen LogP contribution in [0.3, 0.4) is 0 Å². The monoisotopic (exact) mass is 430 g/mol. The topological polar surface area (TPSA) is 189 Å². The van der Waals surface area contributed by atoms with E-state index in [1.54, 1.807) is 0 Å². The van der Waals surface area contributed by atoms with Gasteiger partial charge in [0, 0.05) is 25.6 Å². The largest absolute Gasteiger partial charge is 0.481 e. The molecule has 1 aromatic carbocycles. The molecule has 29 heavy (non-hydrogen) atoms. The van der Waals surface area contributed by atoms with Crippen molar-refractivity contribution >= 4 is 39.0 Å². The smallest absolute Gasteiger partial charge is 0.352 e. The minimum atomic E-state index is -3.97. The van der Waals surface area contributed by atoms with E-state index in [1.807, 2.05) is 0 Å². The van der Waals surface area contributed by atoms with Crippen molar-refractivity contribution in [2.24, 2.45) is 5.10 Å². The van der Waals surface area contributed by atoms with Crippen molar-refractivity contribution < 1.29 is 37.9 Å². The number of hydrogen-bond donors (Lipinski definition) is 3. The van der Waals surface area contributed by atoms with E-state index in [0.717, 1.165) is 22.5 Å². The first-order chi connectivity index (χ1) is 13.6. The van der Waals surface area contributed by atoms with Crippen LogP contribution in [0.4, 0.5) is 11.4 Å². The number of aliphatic carboxylic acids is 2. The summed E-state index contributed by atoms with van der Waals surface area (Å²) < 4.78 is 31.5. The Labute approximate surface area is 164 Å². The van der Waals surface area contributed by atoms with Crippen LogP contribution < -0.4 is 5.43 Å². The number of nitrogens with zero attached hydrogens (tertiary/aromatic N) is 3. The maximum Gasteiger partial charge on any atom is 0.352 e. The molecule has 0 bridgehead atoms. The van der Waals surface area contributed by atoms with Gasteiger partial charge in [-0.1, -0.05) is 0 Å². The van der Waals surface area contributed by atoms with Crippen LogP contribution in [0.15, 0.2) is 28.2 Å². The van der Waals surface area contributed by atoms with Crippen LogP contribution in [0.1, 0.15) is 12.8 Å². The van der Waals surface area contributed by atoms with E-state index in [0.29, 0.717) is 0 Å². The van der Waals surface area contributed by atoms with Crippen molar-refractivity contribution in [2.75, 3.05) is 31.7 Å². The first-order valence-electron chi connectivity index (χ1n) is 8.27. The summed E-state index contributed by atoms with van der Waals surface area (Å²) in [5.74, 6) is -2.73. The molecule has 13 nitrogen and oxygen atoms in total. The molecule has 1 aliphatic rings. The zero-order chi connectivity index (χ0) is 21.6. The second-order valence-electron chi connectivity index (χ2n) is 5.82. The normalized spacial score (nSPS) is 15.7. The van der Waals surface area contributed by atoms with Gasteiger partial charge >= 0.3 is 11.9 Å². The van der Waals surface area contributed by atoms with Gasteiger partial charge in [0.2, 0.25) is 10.0 Å². The maximum atomic E-state index is 12.6. The molecule has 0 aliphatic carbocycles. The number of carboxylic acids is 2. The van der Waals surface area contributed by atoms with Crippen LogP contribution in [0, 0.1) is 10.1 Å². The minimum Gasteiger partial charge on any atom is -0.481 e. The highest BCUT2D eigenvalue weighted by Crippen LogP contribution is 2.29. The number of hydrazone groups is 1. The van der Waals surface area contributed by atoms with Gasteiger partial charge in [-0.2, -0.15) is 9.41 Å². The van der Waals surface area contributed by atoms with Gasteiger partial charge < -0.3 is 14.9 Å². The lowest BCUT2D eigenvalue weighted by Gasteiger charge is -2.26. The molecular formula is C15H18N4O9S. The maximum absolute atomic E-state index is 12.6. The highest BCUT2D eigenvalue weighted by molar-refractivity contribution is 7.89. The molecule has 0 amide bonds. The average Bonchev–Trinajstić information content (AvgIpc) is 2.68. The summed E-state index contributed by atoms with van der Waals surface area (Å²) in [5.41, 5.74) is 0.774. The fraction of sp³-hybridized carbons (Fsp3) is 0.400. The standard InChI is InChI=1S/C15H18N4O9S/c20-14(21)4-3-12(15(22)23)17-16-11-2-1-10(9-13(11)19(24)25)29(26,27)18-5-7-28-8-6-18/h1-2,9,16H,3-8H2,(H,20,21)(H,22,23). The Morgan fingerprint density at radius 3 is 2.45 bits per heavy atom. The molecular weight excluding hydrogens is 412 g/mol. The molecule has 0 spiro atoms. The number of carboxylic acid groups (broad SMARTS) is 2. The van der Waals surface area contributed by atoms with Crippen molar-refractivity contribution in [3.8, 4) is 0 Å². The molecule has 0 atom stereocenters. The number of benzene rings is 1. The van der Waals surface area contributed by atoms with Gasteiger partial charge in [0.1, 0.15) is 11.4 Å². The van der Waals surface area contributed by atoms with Crippen LogP contribution in [0.25, 0.3) is 0 Å². The van der Waals surface area contributed by atoms with Crippen LogP contribution in [-0.4, -0.2) is 71.8 Å². The first kappa shape index (κ1) is 22.2. The lowest BCUT2D eigenvalue weighted by atomic mass is 10.2. The number of nitrogens with one attached hydrogen (secondary N) is 1. The van der Waals surface area contributed by atoms with Crippen molar-refractivity contribution in [1.82, 2.24) is 4.31 Å². The van der Waals surface area contributed by atoms with E-state index >= 15 is 0 Å². The van der Waals surface area contributed by atoms with E-state index in [4.69, 9.17) is 14.9 Å². The molecule has 1 aliphatic heterocycles. The van der Waals surface area contributed by atoms with E-state index in [-0.39, 0.29) is 36.9 Å². The van der Waals surface area contributed by atoms with E-state index in [2.05, 4.69) is 10.5 Å². The van der Waals surface area contributed by atoms with Gasteiger partial charge in [-0.15, -0.1) is 0 Å². The molecule has 3 N–H and O–H groups in total. The van der Waals surface area contributed by atoms with Gasteiger partial charge in [0.15, 0.2) is 0 Å². The number of ether oxygens (including phenoxy) is 1. The third-order valence-corrected chi connectivity index (χ3v) is 5.80. The summed E-state index contributed by atoms with van der Waals surface area (Å²) >= 11 is 0. The van der Waals surface area contributed by atoms with Gasteiger partial charge in [0.25, 0.3) is 5.69 Å². The third kappa shape index (κ3) is 5.69. The Morgan fingerprint density at radius 2 is 1.90 bits per heavy atom. The van der Waals surface area contributed by atoms with E-state index in [1.165, 1.54) is 0 Å². The van der Waals surface area contributed by atoms with E-state index < -0.39 is 51.1 Å². The molecule has 1 aromatic rings. The molecule has 0 unspecified atom stereocenters. The number of nitro benzene ring substituents is 1. The predicted octanol–water partition coefficient (Wildman–Crippen LogP) is 0.333. The Bertz CT molecular complexity index is 939. The molecule has 158 valence electrons. The molecule has 2 rings (SSSR count). The zero-order valence-corrected chi connectivity index (χ0v) is 15.8. The van der Waals surface area contributed by atoms with Crippen molar-refractivity contribution in [1.29, 1.82) is 0 Å². The Hall–Kier alpha value is -3.10. The van der Waals surface area contributed by atoms with Crippen LogP contribution in [0.2, 0.25) is 0 Å². The Kier molecular flexibility index (Phi) is 7.19. The lowest BCUT2D eigenvalue weighted by Crippen LogP contribution is -2.40. The van der Waals surface area contributed by atoms with Crippen molar-refractivity contribution in [2.45, 2.75) is 17.7 Å². The lowest BCUT2D eigenvalue weighted by molar-refractivity contribution is -0.384. The number of morpholine rings is 1. The third-order valence-electron chi connectivity index (χ3n) is 3.91. The fourth-order valence-corrected chi connectivity index (χ4v) is 3.85. The quantitative estimate of drug-likeness (QED) is 0.280. The number of rotatable bonds is 9. The summed E-state index contributed by atoms with van der Waals surface area (Å²) in [7, 11) is -3.97. The molecule has 1 saturated heterocycles. The van der Waals surface area contributed by atoms with Gasteiger partial charge in [-0.25, -0.2) is 13.2 Å². The van der Waals surface area contributed by atoms with Crippen molar-refractivity contribution in [3.63, 3.8) is 0 Å². The predicted molar refractivity (Wildman–Crippen MR) is 98.2 cm³/mol. The summed E-state index contributed by atoms with van der Waals surface area (Å²) in [6.45, 7) is 0.659. The van der Waals surface area contributed by atoms with E-state index in [9.17, 15) is 28.1 Å². The average molecular weight is 430 g/mol.